The van der Waals surface area contributed by atoms with Crippen molar-refractivity contribution in [3.8, 4) is 5.75 Å². The molecule has 0 heterocycles. The number of hydrazine groups is 1. The Morgan fingerprint density at radius 3 is 2.33 bits per heavy atom. The molecule has 0 radical (unpaired) electrons. The molecule has 1 unspecified atom stereocenters. The van der Waals surface area contributed by atoms with Crippen LogP contribution in [0.15, 0.2) is 34.8 Å². The van der Waals surface area contributed by atoms with Gasteiger partial charge in [-0.15, -0.1) is 0 Å². The lowest BCUT2D eigenvalue weighted by Crippen LogP contribution is -2.30. The normalized spacial score (nSPS) is 12.3. The first kappa shape index (κ1) is 16.0. The Balaban J connectivity index is 2.62. The zero-order valence-electron chi connectivity index (χ0n) is 12.8. The lowest BCUT2D eigenvalue weighted by Gasteiger charge is -2.23. The summed E-state index contributed by atoms with van der Waals surface area (Å²) in [4.78, 5) is 0. The van der Waals surface area contributed by atoms with Gasteiger partial charge in [-0.1, -0.05) is 34.1 Å². The Hall–Kier alpha value is -1.36. The maximum Gasteiger partial charge on any atom is 0.127 e. The van der Waals surface area contributed by atoms with Gasteiger partial charge in [0.05, 0.1) is 13.2 Å². The molecule has 0 saturated carbocycles. The Kier molecular flexibility index (Phi) is 5.04. The zero-order chi connectivity index (χ0) is 15.6. The zero-order valence-corrected chi connectivity index (χ0v) is 14.4. The molecule has 4 heteroatoms. The van der Waals surface area contributed by atoms with Gasteiger partial charge in [0.15, 0.2) is 0 Å². The lowest BCUT2D eigenvalue weighted by atomic mass is 9.92. The van der Waals surface area contributed by atoms with E-state index in [-0.39, 0.29) is 6.04 Å². The van der Waals surface area contributed by atoms with E-state index in [4.69, 9.17) is 10.6 Å². The molecule has 0 spiro atoms. The molecule has 2 aromatic carbocycles. The largest absolute Gasteiger partial charge is 0.496 e. The fourth-order valence-corrected chi connectivity index (χ4v) is 2.96. The molecular weight excluding hydrogens is 328 g/mol. The molecule has 0 aliphatic carbocycles. The predicted molar refractivity (Wildman–Crippen MR) is 90.5 cm³/mol. The number of nitrogens with one attached hydrogen (secondary N) is 1. The van der Waals surface area contributed by atoms with E-state index in [1.807, 2.05) is 6.07 Å². The molecule has 0 aromatic heterocycles. The first-order valence-electron chi connectivity index (χ1n) is 6.85. The average molecular weight is 349 g/mol. The first-order valence-corrected chi connectivity index (χ1v) is 7.65. The van der Waals surface area contributed by atoms with E-state index in [9.17, 15) is 0 Å². The summed E-state index contributed by atoms with van der Waals surface area (Å²) in [5.41, 5.74) is 8.63. The molecule has 0 aliphatic heterocycles. The number of ether oxygens (including phenoxy) is 1. The van der Waals surface area contributed by atoms with Gasteiger partial charge in [0.2, 0.25) is 0 Å². The Labute approximate surface area is 134 Å². The van der Waals surface area contributed by atoms with Crippen molar-refractivity contribution in [3.05, 3.63) is 62.6 Å². The molecular formula is C17H21BrN2O. The monoisotopic (exact) mass is 348 g/mol. The van der Waals surface area contributed by atoms with Gasteiger partial charge in [0, 0.05) is 10.0 Å². The van der Waals surface area contributed by atoms with Crippen molar-refractivity contribution in [2.75, 3.05) is 7.11 Å². The smallest absolute Gasteiger partial charge is 0.127 e. The third-order valence-electron chi connectivity index (χ3n) is 3.94. The van der Waals surface area contributed by atoms with Gasteiger partial charge >= 0.3 is 0 Å². The summed E-state index contributed by atoms with van der Waals surface area (Å²) in [5, 5.41) is 0. The van der Waals surface area contributed by atoms with Crippen molar-refractivity contribution in [2.45, 2.75) is 26.8 Å². The highest BCUT2D eigenvalue weighted by molar-refractivity contribution is 9.10. The van der Waals surface area contributed by atoms with Gasteiger partial charge < -0.3 is 4.74 Å². The van der Waals surface area contributed by atoms with E-state index in [2.05, 4.69) is 66.4 Å². The highest BCUT2D eigenvalue weighted by atomic mass is 79.9. The van der Waals surface area contributed by atoms with Crippen LogP contribution in [0.2, 0.25) is 0 Å². The summed E-state index contributed by atoms with van der Waals surface area (Å²) >= 11 is 3.53. The first-order chi connectivity index (χ1) is 9.99. The number of aryl methyl sites for hydroxylation is 2. The third kappa shape index (κ3) is 3.12. The number of halogens is 1. The molecule has 2 rings (SSSR count). The fourth-order valence-electron chi connectivity index (χ4n) is 2.58. The van der Waals surface area contributed by atoms with Crippen molar-refractivity contribution in [3.63, 3.8) is 0 Å². The van der Waals surface area contributed by atoms with Gasteiger partial charge in [-0.2, -0.15) is 0 Å². The summed E-state index contributed by atoms with van der Waals surface area (Å²) in [7, 11) is 1.70. The molecule has 112 valence electrons. The van der Waals surface area contributed by atoms with Gasteiger partial charge in [-0.3, -0.25) is 5.84 Å². The Bertz CT molecular complexity index is 655. The van der Waals surface area contributed by atoms with Crippen LogP contribution in [0.1, 0.15) is 33.9 Å². The molecule has 3 N–H and O–H groups in total. The molecule has 0 fully saturated rings. The van der Waals surface area contributed by atoms with Crippen molar-refractivity contribution in [1.82, 2.24) is 5.43 Å². The van der Waals surface area contributed by atoms with Gasteiger partial charge in [0.25, 0.3) is 0 Å². The van der Waals surface area contributed by atoms with E-state index in [1.165, 1.54) is 11.1 Å². The van der Waals surface area contributed by atoms with Crippen molar-refractivity contribution in [2.24, 2.45) is 5.84 Å². The molecule has 21 heavy (non-hydrogen) atoms. The minimum Gasteiger partial charge on any atom is -0.496 e. The quantitative estimate of drug-likeness (QED) is 0.649. The minimum absolute atomic E-state index is 0.114. The number of methoxy groups -OCH3 is 1. The average Bonchev–Trinajstić information content (AvgIpc) is 2.47. The highest BCUT2D eigenvalue weighted by Gasteiger charge is 2.20. The highest BCUT2D eigenvalue weighted by Crippen LogP contribution is 2.35. The molecule has 0 bridgehead atoms. The summed E-state index contributed by atoms with van der Waals surface area (Å²) in [6.07, 6.45) is 0. The van der Waals surface area contributed by atoms with Crippen LogP contribution in [0, 0.1) is 20.8 Å². The standard InChI is InChI=1S/C17H21BrN2O/c1-10-6-8-14(17(21-4)12(10)3)16(20-19)15-9-13(18)7-5-11(15)2/h5-9,16,20H,19H2,1-4H3. The van der Waals surface area contributed by atoms with Crippen LogP contribution in [0.4, 0.5) is 0 Å². The maximum atomic E-state index is 5.85. The predicted octanol–water partition coefficient (Wildman–Crippen LogP) is 3.94. The second-order valence-electron chi connectivity index (χ2n) is 5.23. The Morgan fingerprint density at radius 1 is 1.05 bits per heavy atom. The molecule has 1 atom stereocenters. The van der Waals surface area contributed by atoms with Gasteiger partial charge in [-0.25, -0.2) is 5.43 Å². The molecule has 3 nitrogen and oxygen atoms in total. The van der Waals surface area contributed by atoms with E-state index >= 15 is 0 Å². The summed E-state index contributed by atoms with van der Waals surface area (Å²) in [6, 6.07) is 10.3. The maximum absolute atomic E-state index is 5.85. The second-order valence-corrected chi connectivity index (χ2v) is 6.15. The lowest BCUT2D eigenvalue weighted by molar-refractivity contribution is 0.400. The molecule has 0 aliphatic rings. The van der Waals surface area contributed by atoms with Gasteiger partial charge in [-0.05, 0) is 55.2 Å². The molecule has 2 aromatic rings. The summed E-state index contributed by atoms with van der Waals surface area (Å²) in [5.74, 6) is 6.73. The van der Waals surface area contributed by atoms with Crippen LogP contribution in [0.5, 0.6) is 5.75 Å². The number of hydrogen-bond acceptors (Lipinski definition) is 3. The number of hydrogen-bond donors (Lipinski definition) is 2. The number of benzene rings is 2. The molecule has 0 amide bonds. The van der Waals surface area contributed by atoms with Crippen LogP contribution in [0.25, 0.3) is 0 Å². The van der Waals surface area contributed by atoms with Crippen LogP contribution in [-0.2, 0) is 0 Å². The van der Waals surface area contributed by atoms with Crippen LogP contribution in [-0.4, -0.2) is 7.11 Å². The van der Waals surface area contributed by atoms with E-state index in [1.54, 1.807) is 7.11 Å². The third-order valence-corrected chi connectivity index (χ3v) is 4.43. The van der Waals surface area contributed by atoms with Gasteiger partial charge in [0.1, 0.15) is 5.75 Å². The van der Waals surface area contributed by atoms with Crippen molar-refractivity contribution < 1.29 is 4.74 Å². The van der Waals surface area contributed by atoms with E-state index in [0.717, 1.165) is 26.9 Å². The number of nitrogens with two attached hydrogens (primary N) is 1. The summed E-state index contributed by atoms with van der Waals surface area (Å²) < 4.78 is 6.66. The SMILES string of the molecule is COc1c(C(NN)c2cc(Br)ccc2C)ccc(C)c1C. The van der Waals surface area contributed by atoms with E-state index in [0.29, 0.717) is 0 Å². The summed E-state index contributed by atoms with van der Waals surface area (Å²) in [6.45, 7) is 6.23. The number of rotatable bonds is 4. The van der Waals surface area contributed by atoms with Crippen molar-refractivity contribution in [1.29, 1.82) is 0 Å². The van der Waals surface area contributed by atoms with Crippen LogP contribution < -0.4 is 16.0 Å². The molecule has 0 saturated heterocycles. The fraction of sp³-hybridized carbons (Fsp3) is 0.294. The topological polar surface area (TPSA) is 47.3 Å². The minimum atomic E-state index is -0.114. The second kappa shape index (κ2) is 6.60. The van der Waals surface area contributed by atoms with Crippen LogP contribution in [0.3, 0.4) is 0 Å². The Morgan fingerprint density at radius 2 is 1.71 bits per heavy atom. The van der Waals surface area contributed by atoms with Crippen molar-refractivity contribution >= 4 is 15.9 Å². The van der Waals surface area contributed by atoms with Crippen LogP contribution >= 0.6 is 15.9 Å². The van der Waals surface area contributed by atoms with E-state index < -0.39 is 0 Å².